The Labute approximate surface area is 142 Å². The van der Waals surface area contributed by atoms with Crippen LogP contribution in [0.4, 0.5) is 0 Å². The maximum absolute atomic E-state index is 12.4. The number of methoxy groups -OCH3 is 1. The first-order chi connectivity index (χ1) is 11.4. The summed E-state index contributed by atoms with van der Waals surface area (Å²) in [7, 11) is -1.48. The summed E-state index contributed by atoms with van der Waals surface area (Å²) in [5.74, 6) is 0.780. The lowest BCUT2D eigenvalue weighted by Gasteiger charge is -2.25. The molecule has 0 unspecified atom stereocenters. The SMILES string of the molecule is COc1ccc2c(c1)OC[C@H](C(=O)O[C@@H]1CC[C@@H](S(C)(=O)=O)C1)C2. The molecule has 0 radical (unpaired) electrons. The van der Waals surface area contributed by atoms with Crippen molar-refractivity contribution in [3.8, 4) is 11.5 Å². The highest BCUT2D eigenvalue weighted by Gasteiger charge is 2.36. The maximum atomic E-state index is 12.4. The van der Waals surface area contributed by atoms with Gasteiger partial charge in [0.2, 0.25) is 0 Å². The molecular formula is C17H22O6S. The summed E-state index contributed by atoms with van der Waals surface area (Å²) in [6, 6.07) is 5.54. The molecule has 2 aliphatic rings. The highest BCUT2D eigenvalue weighted by atomic mass is 32.2. The summed E-state index contributed by atoms with van der Waals surface area (Å²) >= 11 is 0. The van der Waals surface area contributed by atoms with Crippen molar-refractivity contribution in [2.75, 3.05) is 20.0 Å². The summed E-state index contributed by atoms with van der Waals surface area (Å²) in [6.45, 7) is 0.265. The first kappa shape index (κ1) is 17.1. The number of rotatable bonds is 4. The molecule has 6 nitrogen and oxygen atoms in total. The van der Waals surface area contributed by atoms with Crippen molar-refractivity contribution in [1.82, 2.24) is 0 Å². The molecule has 1 saturated carbocycles. The Hall–Kier alpha value is -1.76. The predicted octanol–water partition coefficient (Wildman–Crippen LogP) is 1.76. The summed E-state index contributed by atoms with van der Waals surface area (Å²) < 4.78 is 39.5. The van der Waals surface area contributed by atoms with Gasteiger partial charge in [-0.3, -0.25) is 4.79 Å². The summed E-state index contributed by atoms with van der Waals surface area (Å²) in [5.41, 5.74) is 0.949. The zero-order valence-electron chi connectivity index (χ0n) is 13.9. The molecule has 0 N–H and O–H groups in total. The average molecular weight is 354 g/mol. The molecular weight excluding hydrogens is 332 g/mol. The van der Waals surface area contributed by atoms with E-state index in [4.69, 9.17) is 14.2 Å². The van der Waals surface area contributed by atoms with E-state index in [1.807, 2.05) is 18.2 Å². The summed E-state index contributed by atoms with van der Waals surface area (Å²) in [4.78, 5) is 12.4. The average Bonchev–Trinajstić information content (AvgIpc) is 3.02. The van der Waals surface area contributed by atoms with Crippen LogP contribution in [0.5, 0.6) is 11.5 Å². The van der Waals surface area contributed by atoms with Crippen LogP contribution in [0.2, 0.25) is 0 Å². The number of ether oxygens (including phenoxy) is 3. The lowest BCUT2D eigenvalue weighted by molar-refractivity contribution is -0.155. The number of sulfone groups is 1. The van der Waals surface area contributed by atoms with Gasteiger partial charge in [0.15, 0.2) is 0 Å². The Bertz CT molecular complexity index is 727. The molecule has 0 saturated heterocycles. The Kier molecular flexibility index (Phi) is 4.71. The minimum Gasteiger partial charge on any atom is -0.497 e. The van der Waals surface area contributed by atoms with Crippen molar-refractivity contribution in [2.45, 2.75) is 37.0 Å². The fraction of sp³-hybridized carbons (Fsp3) is 0.588. The molecule has 1 heterocycles. The van der Waals surface area contributed by atoms with Crippen LogP contribution < -0.4 is 9.47 Å². The predicted molar refractivity (Wildman–Crippen MR) is 88.0 cm³/mol. The smallest absolute Gasteiger partial charge is 0.313 e. The van der Waals surface area contributed by atoms with Gasteiger partial charge in [-0.1, -0.05) is 6.07 Å². The zero-order chi connectivity index (χ0) is 17.3. The van der Waals surface area contributed by atoms with E-state index in [2.05, 4.69) is 0 Å². The number of hydrogen-bond donors (Lipinski definition) is 0. The zero-order valence-corrected chi connectivity index (χ0v) is 14.7. The third kappa shape index (κ3) is 3.66. The molecule has 0 amide bonds. The summed E-state index contributed by atoms with van der Waals surface area (Å²) in [5, 5.41) is -0.397. The van der Waals surface area contributed by atoms with Gasteiger partial charge in [-0.15, -0.1) is 0 Å². The van der Waals surface area contributed by atoms with E-state index in [0.717, 1.165) is 11.3 Å². The van der Waals surface area contributed by atoms with Crippen LogP contribution in [-0.2, 0) is 25.8 Å². The second-order valence-corrected chi connectivity index (χ2v) is 8.83. The molecule has 1 aromatic carbocycles. The standard InChI is InChI=1S/C17H22O6S/c1-21-13-4-3-11-7-12(10-22-16(11)9-13)17(18)23-14-5-6-15(8-14)24(2,19)20/h3-4,9,12,14-15H,5-8,10H2,1-2H3/t12-,14-,15-/m1/s1. The van der Waals surface area contributed by atoms with Gasteiger partial charge >= 0.3 is 5.97 Å². The molecule has 3 atom stereocenters. The van der Waals surface area contributed by atoms with E-state index in [0.29, 0.717) is 31.4 Å². The van der Waals surface area contributed by atoms with Crippen LogP contribution in [0.15, 0.2) is 18.2 Å². The monoisotopic (exact) mass is 354 g/mol. The number of carbonyl (C=O) groups is 1. The number of esters is 1. The van der Waals surface area contributed by atoms with Crippen LogP contribution in [0.3, 0.4) is 0 Å². The Morgan fingerprint density at radius 3 is 2.75 bits per heavy atom. The van der Waals surface area contributed by atoms with E-state index < -0.39 is 15.1 Å². The molecule has 3 rings (SSSR count). The van der Waals surface area contributed by atoms with Gasteiger partial charge in [-0.2, -0.15) is 0 Å². The minimum atomic E-state index is -3.07. The van der Waals surface area contributed by atoms with Crippen molar-refractivity contribution in [1.29, 1.82) is 0 Å². The molecule has 1 aliphatic heterocycles. The van der Waals surface area contributed by atoms with Crippen molar-refractivity contribution in [3.05, 3.63) is 23.8 Å². The van der Waals surface area contributed by atoms with Crippen LogP contribution in [-0.4, -0.2) is 45.7 Å². The largest absolute Gasteiger partial charge is 0.497 e. The van der Waals surface area contributed by atoms with Gasteiger partial charge in [-0.25, -0.2) is 8.42 Å². The number of fused-ring (bicyclic) bond motifs is 1. The molecule has 132 valence electrons. The second kappa shape index (κ2) is 6.63. The number of hydrogen-bond acceptors (Lipinski definition) is 6. The number of carbonyl (C=O) groups excluding carboxylic acids is 1. The van der Waals surface area contributed by atoms with Crippen LogP contribution in [0, 0.1) is 5.92 Å². The minimum absolute atomic E-state index is 0.265. The molecule has 0 spiro atoms. The molecule has 0 aromatic heterocycles. The van der Waals surface area contributed by atoms with Gasteiger partial charge in [0.1, 0.15) is 34.0 Å². The van der Waals surface area contributed by atoms with Gasteiger partial charge in [-0.05, 0) is 30.9 Å². The molecule has 1 aromatic rings. The fourth-order valence-electron chi connectivity index (χ4n) is 3.29. The highest BCUT2D eigenvalue weighted by molar-refractivity contribution is 7.91. The van der Waals surface area contributed by atoms with Crippen LogP contribution >= 0.6 is 0 Å². The molecule has 1 aliphatic carbocycles. The summed E-state index contributed by atoms with van der Waals surface area (Å²) in [6.07, 6.45) is 3.04. The Balaban J connectivity index is 1.59. The molecule has 0 bridgehead atoms. The maximum Gasteiger partial charge on any atom is 0.313 e. The third-order valence-electron chi connectivity index (χ3n) is 4.74. The lowest BCUT2D eigenvalue weighted by Crippen LogP contribution is -2.32. The quantitative estimate of drug-likeness (QED) is 0.767. The van der Waals surface area contributed by atoms with Crippen molar-refractivity contribution in [2.24, 2.45) is 5.92 Å². The fourth-order valence-corrected chi connectivity index (χ4v) is 4.42. The van der Waals surface area contributed by atoms with Gasteiger partial charge in [0.25, 0.3) is 0 Å². The van der Waals surface area contributed by atoms with Gasteiger partial charge < -0.3 is 14.2 Å². The number of benzene rings is 1. The van der Waals surface area contributed by atoms with E-state index in [1.54, 1.807) is 7.11 Å². The van der Waals surface area contributed by atoms with Crippen LogP contribution in [0.25, 0.3) is 0 Å². The highest BCUT2D eigenvalue weighted by Crippen LogP contribution is 2.33. The van der Waals surface area contributed by atoms with Crippen molar-refractivity contribution >= 4 is 15.8 Å². The van der Waals surface area contributed by atoms with Crippen molar-refractivity contribution in [3.63, 3.8) is 0 Å². The molecule has 7 heteroatoms. The topological polar surface area (TPSA) is 78.9 Å². The van der Waals surface area contributed by atoms with Crippen molar-refractivity contribution < 1.29 is 27.4 Å². The first-order valence-electron chi connectivity index (χ1n) is 8.06. The van der Waals surface area contributed by atoms with Gasteiger partial charge in [0, 0.05) is 18.7 Å². The van der Waals surface area contributed by atoms with Gasteiger partial charge in [0.05, 0.1) is 18.3 Å². The third-order valence-corrected chi connectivity index (χ3v) is 6.38. The van der Waals surface area contributed by atoms with E-state index in [-0.39, 0.29) is 24.6 Å². The van der Waals surface area contributed by atoms with E-state index in [1.165, 1.54) is 6.26 Å². The van der Waals surface area contributed by atoms with E-state index in [9.17, 15) is 13.2 Å². The first-order valence-corrected chi connectivity index (χ1v) is 10.0. The normalized spacial score (nSPS) is 26.3. The Morgan fingerprint density at radius 1 is 1.29 bits per heavy atom. The molecule has 24 heavy (non-hydrogen) atoms. The Morgan fingerprint density at radius 2 is 2.08 bits per heavy atom. The lowest BCUT2D eigenvalue weighted by atomic mass is 9.96. The molecule has 1 fully saturated rings. The van der Waals surface area contributed by atoms with E-state index >= 15 is 0 Å². The van der Waals surface area contributed by atoms with Crippen LogP contribution in [0.1, 0.15) is 24.8 Å². The second-order valence-electron chi connectivity index (χ2n) is 6.51.